The molecule has 130 valence electrons. The lowest BCUT2D eigenvalue weighted by Gasteiger charge is -2.23. The SMILES string of the molecule is C/C1=C\C[C@@H](O)/C(C)=C/C=C(/C(C)(C)O)CC[C@@]2(C)O[C@@H]2CC1. The highest BCUT2D eigenvalue weighted by atomic mass is 16.6. The number of fused-ring (bicyclic) bond motifs is 1. The molecule has 1 heterocycles. The van der Waals surface area contributed by atoms with Crippen molar-refractivity contribution in [2.75, 3.05) is 0 Å². The molecule has 1 aliphatic heterocycles. The summed E-state index contributed by atoms with van der Waals surface area (Å²) in [5.74, 6) is 0. The van der Waals surface area contributed by atoms with Crippen molar-refractivity contribution in [3.05, 3.63) is 34.9 Å². The third kappa shape index (κ3) is 5.03. The van der Waals surface area contributed by atoms with Crippen molar-refractivity contribution in [1.82, 2.24) is 0 Å². The van der Waals surface area contributed by atoms with Crippen LogP contribution in [-0.4, -0.2) is 33.6 Å². The van der Waals surface area contributed by atoms with E-state index in [1.165, 1.54) is 5.57 Å². The van der Waals surface area contributed by atoms with Crippen LogP contribution in [0.5, 0.6) is 0 Å². The summed E-state index contributed by atoms with van der Waals surface area (Å²) in [6.45, 7) is 9.89. The first kappa shape index (κ1) is 18.4. The Morgan fingerprint density at radius 1 is 1.22 bits per heavy atom. The average molecular weight is 320 g/mol. The first-order valence-corrected chi connectivity index (χ1v) is 8.73. The van der Waals surface area contributed by atoms with Gasteiger partial charge in [-0.3, -0.25) is 0 Å². The summed E-state index contributed by atoms with van der Waals surface area (Å²) < 4.78 is 5.93. The smallest absolute Gasteiger partial charge is 0.0923 e. The quantitative estimate of drug-likeness (QED) is 0.566. The molecule has 1 saturated heterocycles. The zero-order valence-corrected chi connectivity index (χ0v) is 15.2. The summed E-state index contributed by atoms with van der Waals surface area (Å²) in [6, 6.07) is 0. The van der Waals surface area contributed by atoms with Crippen molar-refractivity contribution >= 4 is 0 Å². The predicted molar refractivity (Wildman–Crippen MR) is 94.3 cm³/mol. The fraction of sp³-hybridized carbons (Fsp3) is 0.700. The minimum absolute atomic E-state index is 0.0486. The first-order chi connectivity index (χ1) is 10.6. The van der Waals surface area contributed by atoms with Gasteiger partial charge >= 0.3 is 0 Å². The van der Waals surface area contributed by atoms with E-state index >= 15 is 0 Å². The Kier molecular flexibility index (Phi) is 5.55. The standard InChI is InChI=1S/C20H32O3/c1-14-6-10-17(21)15(2)8-9-16(19(3,4)22)12-13-20(5)18(23-20)11-7-14/h6,8-9,17-18,21-22H,7,10-13H2,1-5H3/b14-6+,15-8+,16-9+/t17-,18-,20-/m1/s1. The molecule has 2 aliphatic rings. The van der Waals surface area contributed by atoms with Crippen molar-refractivity contribution in [3.63, 3.8) is 0 Å². The Balaban J connectivity index is 2.24. The van der Waals surface area contributed by atoms with Gasteiger partial charge in [-0.05, 0) is 77.9 Å². The van der Waals surface area contributed by atoms with Crippen molar-refractivity contribution in [2.24, 2.45) is 0 Å². The Labute approximate surface area is 140 Å². The molecule has 0 radical (unpaired) electrons. The van der Waals surface area contributed by atoms with E-state index in [-0.39, 0.29) is 5.60 Å². The molecule has 0 aromatic carbocycles. The van der Waals surface area contributed by atoms with E-state index < -0.39 is 11.7 Å². The highest BCUT2D eigenvalue weighted by Gasteiger charge is 2.51. The molecule has 3 nitrogen and oxygen atoms in total. The van der Waals surface area contributed by atoms with E-state index in [0.717, 1.165) is 36.8 Å². The molecule has 0 aromatic rings. The predicted octanol–water partition coefficient (Wildman–Crippen LogP) is 4.06. The van der Waals surface area contributed by atoms with Crippen LogP contribution >= 0.6 is 0 Å². The topological polar surface area (TPSA) is 53.0 Å². The van der Waals surface area contributed by atoms with Crippen LogP contribution in [-0.2, 0) is 4.74 Å². The molecule has 3 atom stereocenters. The van der Waals surface area contributed by atoms with Crippen LogP contribution in [0.4, 0.5) is 0 Å². The third-order valence-electron chi connectivity index (χ3n) is 5.28. The normalized spacial score (nSPS) is 40.6. The summed E-state index contributed by atoms with van der Waals surface area (Å²) in [7, 11) is 0. The van der Waals surface area contributed by atoms with E-state index in [4.69, 9.17) is 4.74 Å². The third-order valence-corrected chi connectivity index (χ3v) is 5.28. The molecule has 0 aromatic heterocycles. The van der Waals surface area contributed by atoms with Gasteiger partial charge in [0.2, 0.25) is 0 Å². The molecule has 0 amide bonds. The van der Waals surface area contributed by atoms with E-state index in [1.54, 1.807) is 0 Å². The number of epoxide rings is 1. The molecule has 0 bridgehead atoms. The number of rotatable bonds is 1. The Morgan fingerprint density at radius 3 is 2.57 bits per heavy atom. The highest BCUT2D eigenvalue weighted by molar-refractivity contribution is 5.25. The molecule has 2 N–H and O–H groups in total. The monoisotopic (exact) mass is 320 g/mol. The van der Waals surface area contributed by atoms with Gasteiger partial charge in [0.1, 0.15) is 0 Å². The van der Waals surface area contributed by atoms with Gasteiger partial charge in [-0.15, -0.1) is 0 Å². The van der Waals surface area contributed by atoms with Crippen LogP contribution in [0, 0.1) is 0 Å². The minimum Gasteiger partial charge on any atom is -0.388 e. The van der Waals surface area contributed by atoms with Crippen LogP contribution in [0.1, 0.15) is 66.7 Å². The maximum atomic E-state index is 10.4. The average Bonchev–Trinajstić information content (AvgIpc) is 3.10. The molecule has 23 heavy (non-hydrogen) atoms. The van der Waals surface area contributed by atoms with E-state index in [1.807, 2.05) is 32.9 Å². The molecule has 1 aliphatic carbocycles. The molecule has 0 spiro atoms. The second-order valence-electron chi connectivity index (χ2n) is 7.92. The summed E-state index contributed by atoms with van der Waals surface area (Å²) >= 11 is 0. The number of hydrogen-bond donors (Lipinski definition) is 2. The Morgan fingerprint density at radius 2 is 1.91 bits per heavy atom. The van der Waals surface area contributed by atoms with Crippen molar-refractivity contribution in [1.29, 1.82) is 0 Å². The summed E-state index contributed by atoms with van der Waals surface area (Å²) in [5.41, 5.74) is 2.34. The molecule has 3 heteroatoms. The Hall–Kier alpha value is -0.900. The lowest BCUT2D eigenvalue weighted by Crippen LogP contribution is -2.23. The number of hydrogen-bond acceptors (Lipinski definition) is 3. The molecule has 0 unspecified atom stereocenters. The number of ether oxygens (including phenoxy) is 1. The maximum absolute atomic E-state index is 10.4. The molecular weight excluding hydrogens is 288 g/mol. The fourth-order valence-corrected chi connectivity index (χ4v) is 3.15. The second kappa shape index (κ2) is 6.92. The van der Waals surface area contributed by atoms with Crippen LogP contribution in [0.15, 0.2) is 34.9 Å². The van der Waals surface area contributed by atoms with Gasteiger partial charge in [0.25, 0.3) is 0 Å². The van der Waals surface area contributed by atoms with Gasteiger partial charge in [0, 0.05) is 0 Å². The van der Waals surface area contributed by atoms with Crippen LogP contribution in [0.2, 0.25) is 0 Å². The van der Waals surface area contributed by atoms with Gasteiger partial charge in [-0.25, -0.2) is 0 Å². The lowest BCUT2D eigenvalue weighted by molar-refractivity contribution is 0.114. The zero-order chi connectivity index (χ0) is 17.3. The maximum Gasteiger partial charge on any atom is 0.0923 e. The number of aliphatic hydroxyl groups is 2. The number of aliphatic hydroxyl groups excluding tert-OH is 1. The molecular formula is C20H32O3. The fourth-order valence-electron chi connectivity index (χ4n) is 3.15. The van der Waals surface area contributed by atoms with Gasteiger partial charge in [0.15, 0.2) is 0 Å². The minimum atomic E-state index is -0.851. The van der Waals surface area contributed by atoms with Crippen LogP contribution in [0.3, 0.4) is 0 Å². The molecule has 1 fully saturated rings. The number of allylic oxidation sites excluding steroid dienone is 3. The van der Waals surface area contributed by atoms with Crippen LogP contribution in [0.25, 0.3) is 0 Å². The van der Waals surface area contributed by atoms with E-state index in [0.29, 0.717) is 12.5 Å². The summed E-state index contributed by atoms with van der Waals surface area (Å²) in [5, 5.41) is 20.7. The molecule has 0 saturated carbocycles. The summed E-state index contributed by atoms with van der Waals surface area (Å²) in [6.07, 6.45) is 10.3. The largest absolute Gasteiger partial charge is 0.388 e. The molecule has 2 rings (SSSR count). The van der Waals surface area contributed by atoms with Crippen molar-refractivity contribution < 1.29 is 14.9 Å². The lowest BCUT2D eigenvalue weighted by atomic mass is 9.88. The van der Waals surface area contributed by atoms with Crippen LogP contribution < -0.4 is 0 Å². The van der Waals surface area contributed by atoms with E-state index in [2.05, 4.69) is 19.9 Å². The van der Waals surface area contributed by atoms with Gasteiger partial charge < -0.3 is 14.9 Å². The van der Waals surface area contributed by atoms with Crippen molar-refractivity contribution in [2.45, 2.75) is 90.1 Å². The van der Waals surface area contributed by atoms with Gasteiger partial charge in [0.05, 0.1) is 23.4 Å². The van der Waals surface area contributed by atoms with Gasteiger partial charge in [-0.1, -0.05) is 23.8 Å². The Bertz CT molecular complexity index is 521. The van der Waals surface area contributed by atoms with Gasteiger partial charge in [-0.2, -0.15) is 0 Å². The highest BCUT2D eigenvalue weighted by Crippen LogP contribution is 2.44. The first-order valence-electron chi connectivity index (χ1n) is 8.73. The van der Waals surface area contributed by atoms with E-state index in [9.17, 15) is 10.2 Å². The van der Waals surface area contributed by atoms with Crippen molar-refractivity contribution in [3.8, 4) is 0 Å². The second-order valence-corrected chi connectivity index (χ2v) is 7.92. The summed E-state index contributed by atoms with van der Waals surface area (Å²) in [4.78, 5) is 0. The zero-order valence-electron chi connectivity index (χ0n) is 15.2.